The van der Waals surface area contributed by atoms with E-state index in [1.54, 1.807) is 31.4 Å². The number of rotatable bonds is 4. The van der Waals surface area contributed by atoms with E-state index in [2.05, 4.69) is 10.3 Å². The van der Waals surface area contributed by atoms with E-state index in [0.29, 0.717) is 28.4 Å². The molecule has 0 saturated heterocycles. The molecule has 0 unspecified atom stereocenters. The van der Waals surface area contributed by atoms with E-state index >= 15 is 0 Å². The Morgan fingerprint density at radius 2 is 2.00 bits per heavy atom. The summed E-state index contributed by atoms with van der Waals surface area (Å²) in [5.74, 6) is 0.797. The highest BCUT2D eigenvalue weighted by Crippen LogP contribution is 2.29. The Kier molecular flexibility index (Phi) is 4.27. The number of nitrogens with one attached hydrogen (secondary N) is 1. The van der Waals surface area contributed by atoms with Gasteiger partial charge in [0.25, 0.3) is 5.91 Å². The normalized spacial score (nSPS) is 10.0. The first kappa shape index (κ1) is 14.6. The smallest absolute Gasteiger partial charge is 0.259 e. The van der Waals surface area contributed by atoms with Crippen molar-refractivity contribution in [3.8, 4) is 11.5 Å². The molecular weight excluding hydrogens is 270 g/mol. The van der Waals surface area contributed by atoms with Crippen LogP contribution in [0.1, 0.15) is 16.1 Å². The number of nitrogen functional groups attached to an aromatic ring is 1. The molecule has 1 amide bonds. The first-order valence-electron chi connectivity index (χ1n) is 6.30. The highest BCUT2D eigenvalue weighted by molar-refractivity contribution is 6.08. The summed E-state index contributed by atoms with van der Waals surface area (Å²) in [5, 5.41) is 2.75. The Morgan fingerprint density at radius 1 is 1.24 bits per heavy atom. The van der Waals surface area contributed by atoms with Crippen molar-refractivity contribution in [2.75, 3.05) is 25.3 Å². The average molecular weight is 287 g/mol. The molecule has 21 heavy (non-hydrogen) atoms. The molecule has 0 bridgehead atoms. The summed E-state index contributed by atoms with van der Waals surface area (Å²) in [7, 11) is 3.08. The van der Waals surface area contributed by atoms with Gasteiger partial charge in [0.05, 0.1) is 25.5 Å². The number of nitrogens with zero attached hydrogens (tertiary/aromatic N) is 1. The van der Waals surface area contributed by atoms with Crippen molar-refractivity contribution in [1.29, 1.82) is 0 Å². The fourth-order valence-electron chi connectivity index (χ4n) is 1.86. The number of hydrogen-bond acceptors (Lipinski definition) is 5. The summed E-state index contributed by atoms with van der Waals surface area (Å²) >= 11 is 0. The third-order valence-electron chi connectivity index (χ3n) is 2.97. The number of nitrogens with two attached hydrogens (primary N) is 1. The summed E-state index contributed by atoms with van der Waals surface area (Å²) in [6, 6.07) is 6.77. The number of methoxy groups -OCH3 is 2. The van der Waals surface area contributed by atoms with Crippen molar-refractivity contribution in [3.05, 3.63) is 41.7 Å². The van der Waals surface area contributed by atoms with E-state index in [9.17, 15) is 4.79 Å². The van der Waals surface area contributed by atoms with Gasteiger partial charge in [-0.05, 0) is 25.1 Å². The van der Waals surface area contributed by atoms with Crippen LogP contribution >= 0.6 is 0 Å². The quantitative estimate of drug-likeness (QED) is 0.900. The van der Waals surface area contributed by atoms with Crippen LogP contribution < -0.4 is 20.5 Å². The minimum atomic E-state index is -0.344. The van der Waals surface area contributed by atoms with Crippen LogP contribution in [0.4, 0.5) is 11.4 Å². The Morgan fingerprint density at radius 3 is 2.62 bits per heavy atom. The van der Waals surface area contributed by atoms with E-state index in [1.165, 1.54) is 13.3 Å². The fraction of sp³-hybridized carbons (Fsp3) is 0.200. The second-order valence-electron chi connectivity index (χ2n) is 4.43. The van der Waals surface area contributed by atoms with Gasteiger partial charge in [0, 0.05) is 23.6 Å². The third-order valence-corrected chi connectivity index (χ3v) is 2.97. The molecule has 3 N–H and O–H groups in total. The lowest BCUT2D eigenvalue weighted by Crippen LogP contribution is -2.15. The summed E-state index contributed by atoms with van der Waals surface area (Å²) in [5.41, 5.74) is 7.83. The van der Waals surface area contributed by atoms with E-state index in [1.807, 2.05) is 6.92 Å². The number of aromatic nitrogens is 1. The topological polar surface area (TPSA) is 86.5 Å². The molecule has 0 radical (unpaired) electrons. The number of ether oxygens (including phenoxy) is 2. The summed E-state index contributed by atoms with van der Waals surface area (Å²) in [6.45, 7) is 1.81. The number of benzene rings is 1. The zero-order chi connectivity index (χ0) is 15.4. The summed E-state index contributed by atoms with van der Waals surface area (Å²) in [6.07, 6.45) is 1.45. The lowest BCUT2D eigenvalue weighted by molar-refractivity contribution is 0.102. The molecule has 1 heterocycles. The van der Waals surface area contributed by atoms with Crippen LogP contribution in [-0.4, -0.2) is 25.1 Å². The number of aryl methyl sites for hydroxylation is 1. The second kappa shape index (κ2) is 6.13. The van der Waals surface area contributed by atoms with Crippen LogP contribution in [0, 0.1) is 6.92 Å². The maximum absolute atomic E-state index is 12.3. The average Bonchev–Trinajstić information content (AvgIpc) is 2.47. The van der Waals surface area contributed by atoms with Crippen molar-refractivity contribution in [2.45, 2.75) is 6.92 Å². The molecule has 2 aromatic rings. The highest BCUT2D eigenvalue weighted by atomic mass is 16.5. The maximum atomic E-state index is 12.3. The lowest BCUT2D eigenvalue weighted by Gasteiger charge is -2.12. The van der Waals surface area contributed by atoms with Gasteiger partial charge in [-0.3, -0.25) is 9.78 Å². The number of amides is 1. The zero-order valence-corrected chi connectivity index (χ0v) is 12.1. The van der Waals surface area contributed by atoms with Gasteiger partial charge < -0.3 is 20.5 Å². The molecule has 0 aliphatic heterocycles. The molecule has 2 rings (SSSR count). The molecule has 6 heteroatoms. The summed E-state index contributed by atoms with van der Waals surface area (Å²) in [4.78, 5) is 16.3. The monoisotopic (exact) mass is 287 g/mol. The van der Waals surface area contributed by atoms with Gasteiger partial charge in [-0.1, -0.05) is 0 Å². The molecular formula is C15H17N3O3. The Balaban J connectivity index is 2.27. The molecule has 1 aromatic heterocycles. The number of carbonyl (C=O) groups excluding carboxylic acids is 1. The molecule has 0 saturated carbocycles. The minimum Gasteiger partial charge on any atom is -0.497 e. The molecule has 0 aliphatic carbocycles. The van der Waals surface area contributed by atoms with Gasteiger partial charge in [0.1, 0.15) is 11.5 Å². The van der Waals surface area contributed by atoms with Crippen molar-refractivity contribution in [2.24, 2.45) is 0 Å². The van der Waals surface area contributed by atoms with E-state index < -0.39 is 0 Å². The second-order valence-corrected chi connectivity index (χ2v) is 4.43. The fourth-order valence-corrected chi connectivity index (χ4v) is 1.86. The van der Waals surface area contributed by atoms with Gasteiger partial charge in [-0.25, -0.2) is 0 Å². The Labute approximate surface area is 122 Å². The maximum Gasteiger partial charge on any atom is 0.259 e. The van der Waals surface area contributed by atoms with Gasteiger partial charge in [0.15, 0.2) is 0 Å². The van der Waals surface area contributed by atoms with E-state index in [4.69, 9.17) is 15.2 Å². The lowest BCUT2D eigenvalue weighted by atomic mass is 10.2. The number of pyridine rings is 1. The summed E-state index contributed by atoms with van der Waals surface area (Å²) < 4.78 is 10.3. The minimum absolute atomic E-state index is 0.318. The molecule has 110 valence electrons. The van der Waals surface area contributed by atoms with Crippen LogP contribution in [0.5, 0.6) is 11.5 Å². The largest absolute Gasteiger partial charge is 0.497 e. The van der Waals surface area contributed by atoms with Gasteiger partial charge in [-0.15, -0.1) is 0 Å². The van der Waals surface area contributed by atoms with E-state index in [-0.39, 0.29) is 5.91 Å². The van der Waals surface area contributed by atoms with Gasteiger partial charge in [-0.2, -0.15) is 0 Å². The SMILES string of the molecule is COc1ccc(NC(=O)c2cnc(C)cc2N)c(OC)c1. The van der Waals surface area contributed by atoms with Crippen LogP contribution in [0.25, 0.3) is 0 Å². The number of carbonyl (C=O) groups is 1. The van der Waals surface area contributed by atoms with Crippen LogP contribution in [0.15, 0.2) is 30.5 Å². The number of hydrogen-bond donors (Lipinski definition) is 2. The van der Waals surface area contributed by atoms with Crippen molar-refractivity contribution < 1.29 is 14.3 Å². The van der Waals surface area contributed by atoms with Crippen LogP contribution in [-0.2, 0) is 0 Å². The zero-order valence-electron chi connectivity index (χ0n) is 12.1. The van der Waals surface area contributed by atoms with Gasteiger partial charge in [0.2, 0.25) is 0 Å². The number of anilines is 2. The van der Waals surface area contributed by atoms with Crippen LogP contribution in [0.2, 0.25) is 0 Å². The van der Waals surface area contributed by atoms with Gasteiger partial charge >= 0.3 is 0 Å². The molecule has 0 aliphatic rings. The molecule has 6 nitrogen and oxygen atoms in total. The van der Waals surface area contributed by atoms with E-state index in [0.717, 1.165) is 5.69 Å². The molecule has 0 atom stereocenters. The molecule has 0 spiro atoms. The first-order valence-corrected chi connectivity index (χ1v) is 6.30. The molecule has 1 aromatic carbocycles. The predicted molar refractivity (Wildman–Crippen MR) is 80.9 cm³/mol. The third kappa shape index (κ3) is 3.22. The van der Waals surface area contributed by atoms with Crippen LogP contribution in [0.3, 0.4) is 0 Å². The van der Waals surface area contributed by atoms with Crippen molar-refractivity contribution in [3.63, 3.8) is 0 Å². The Bertz CT molecular complexity index is 671. The predicted octanol–water partition coefficient (Wildman–Crippen LogP) is 2.24. The highest BCUT2D eigenvalue weighted by Gasteiger charge is 2.13. The molecule has 0 fully saturated rings. The first-order chi connectivity index (χ1) is 10.0. The van der Waals surface area contributed by atoms with Crippen molar-refractivity contribution >= 4 is 17.3 Å². The Hall–Kier alpha value is -2.76. The van der Waals surface area contributed by atoms with Crippen molar-refractivity contribution in [1.82, 2.24) is 4.98 Å². The standard InChI is InChI=1S/C15H17N3O3/c1-9-6-12(16)11(8-17-9)15(19)18-13-5-4-10(20-2)7-14(13)21-3/h4-8H,1-3H3,(H2,16,17)(H,18,19).